The van der Waals surface area contributed by atoms with Crippen LogP contribution in [-0.2, 0) is 17.1 Å². The fourth-order valence-electron chi connectivity index (χ4n) is 1.97. The van der Waals surface area contributed by atoms with E-state index in [4.69, 9.17) is 4.42 Å². The minimum atomic E-state index is -0.365. The third kappa shape index (κ3) is 5.24. The first-order valence-corrected chi connectivity index (χ1v) is 9.24. The molecule has 0 aliphatic carbocycles. The molecule has 0 aliphatic heterocycles. The standard InChI is InChI=1S/C15H18FN3O2S2/c1-10(23-15-18-17-13(21-15)9-22-3)14(20)19(2)8-11-5-4-6-12(16)7-11/h4-7,10H,8-9H2,1-3H3. The monoisotopic (exact) mass is 355 g/mol. The van der Waals surface area contributed by atoms with Crippen LogP contribution >= 0.6 is 23.5 Å². The molecule has 0 bridgehead atoms. The first-order chi connectivity index (χ1) is 11.0. The highest BCUT2D eigenvalue weighted by atomic mass is 32.2. The Balaban J connectivity index is 1.92. The van der Waals surface area contributed by atoms with Crippen molar-refractivity contribution in [3.8, 4) is 0 Å². The zero-order valence-corrected chi connectivity index (χ0v) is 14.8. The summed E-state index contributed by atoms with van der Waals surface area (Å²) in [5.41, 5.74) is 0.748. The van der Waals surface area contributed by atoms with Crippen molar-refractivity contribution in [2.75, 3.05) is 13.3 Å². The fourth-order valence-corrected chi connectivity index (χ4v) is 3.15. The van der Waals surface area contributed by atoms with Gasteiger partial charge in [0.15, 0.2) is 0 Å². The molecule has 1 aromatic carbocycles. The van der Waals surface area contributed by atoms with Crippen molar-refractivity contribution in [1.82, 2.24) is 15.1 Å². The molecule has 8 heteroatoms. The Kier molecular flexibility index (Phi) is 6.47. The van der Waals surface area contributed by atoms with Crippen LogP contribution in [0, 0.1) is 5.82 Å². The average molecular weight is 355 g/mol. The summed E-state index contributed by atoms with van der Waals surface area (Å²) in [7, 11) is 1.69. The van der Waals surface area contributed by atoms with E-state index in [1.54, 1.807) is 42.8 Å². The lowest BCUT2D eigenvalue weighted by atomic mass is 10.2. The summed E-state index contributed by atoms with van der Waals surface area (Å²) in [6.07, 6.45) is 1.95. The zero-order chi connectivity index (χ0) is 16.8. The second-order valence-corrected chi connectivity index (χ2v) is 7.14. The van der Waals surface area contributed by atoms with E-state index in [1.807, 2.05) is 6.26 Å². The highest BCUT2D eigenvalue weighted by molar-refractivity contribution is 8.00. The number of amides is 1. The Morgan fingerprint density at radius 2 is 2.22 bits per heavy atom. The average Bonchev–Trinajstić information content (AvgIpc) is 2.94. The minimum absolute atomic E-state index is 0.0797. The topological polar surface area (TPSA) is 59.2 Å². The quantitative estimate of drug-likeness (QED) is 0.711. The van der Waals surface area contributed by atoms with E-state index in [9.17, 15) is 9.18 Å². The van der Waals surface area contributed by atoms with Gasteiger partial charge < -0.3 is 9.32 Å². The Hall–Kier alpha value is -1.54. The number of nitrogens with zero attached hydrogens (tertiary/aromatic N) is 3. The summed E-state index contributed by atoms with van der Waals surface area (Å²) >= 11 is 2.81. The molecule has 0 N–H and O–H groups in total. The molecule has 0 saturated heterocycles. The smallest absolute Gasteiger partial charge is 0.277 e. The summed E-state index contributed by atoms with van der Waals surface area (Å²) in [5.74, 6) is 0.810. The predicted molar refractivity (Wildman–Crippen MR) is 89.7 cm³/mol. The van der Waals surface area contributed by atoms with E-state index < -0.39 is 0 Å². The van der Waals surface area contributed by atoms with Crippen LogP contribution in [0.25, 0.3) is 0 Å². The van der Waals surface area contributed by atoms with E-state index >= 15 is 0 Å². The largest absolute Gasteiger partial charge is 0.415 e. The van der Waals surface area contributed by atoms with Gasteiger partial charge in [-0.2, -0.15) is 11.8 Å². The third-order valence-corrected chi connectivity index (χ3v) is 4.48. The highest BCUT2D eigenvalue weighted by Gasteiger charge is 2.21. The number of rotatable bonds is 7. The Morgan fingerprint density at radius 3 is 2.91 bits per heavy atom. The van der Waals surface area contributed by atoms with Gasteiger partial charge in [-0.3, -0.25) is 4.79 Å². The molecule has 1 unspecified atom stereocenters. The maximum Gasteiger partial charge on any atom is 0.277 e. The second kappa shape index (κ2) is 8.35. The van der Waals surface area contributed by atoms with Crippen LogP contribution in [0.4, 0.5) is 4.39 Å². The Morgan fingerprint density at radius 1 is 1.43 bits per heavy atom. The maximum absolute atomic E-state index is 13.2. The summed E-state index contributed by atoms with van der Waals surface area (Å²) in [5, 5.41) is 7.86. The molecule has 0 saturated carbocycles. The van der Waals surface area contributed by atoms with Gasteiger partial charge in [-0.05, 0) is 30.9 Å². The number of carbonyl (C=O) groups is 1. The molecule has 2 aromatic rings. The van der Waals surface area contributed by atoms with Crippen LogP contribution in [0.2, 0.25) is 0 Å². The number of thioether (sulfide) groups is 2. The number of hydrogen-bond acceptors (Lipinski definition) is 6. The van der Waals surface area contributed by atoms with Crippen LogP contribution in [0.1, 0.15) is 18.4 Å². The normalized spacial score (nSPS) is 12.2. The number of benzene rings is 1. The van der Waals surface area contributed by atoms with Crippen molar-refractivity contribution < 1.29 is 13.6 Å². The molecule has 5 nitrogen and oxygen atoms in total. The van der Waals surface area contributed by atoms with Gasteiger partial charge in [-0.15, -0.1) is 10.2 Å². The summed E-state index contributed by atoms with van der Waals surface area (Å²) < 4.78 is 18.7. The molecule has 0 aliphatic rings. The van der Waals surface area contributed by atoms with Crippen LogP contribution in [0.5, 0.6) is 0 Å². The molecule has 1 aromatic heterocycles. The molecule has 2 rings (SSSR count). The predicted octanol–water partition coefficient (Wildman–Crippen LogP) is 3.21. The van der Waals surface area contributed by atoms with E-state index in [2.05, 4.69) is 10.2 Å². The molecule has 1 amide bonds. The fraction of sp³-hybridized carbons (Fsp3) is 0.400. The lowest BCUT2D eigenvalue weighted by Gasteiger charge is -2.20. The lowest BCUT2D eigenvalue weighted by molar-refractivity contribution is -0.129. The molecule has 1 atom stereocenters. The summed E-state index contributed by atoms with van der Waals surface area (Å²) in [6, 6.07) is 6.23. The van der Waals surface area contributed by atoms with Crippen molar-refractivity contribution in [3.05, 3.63) is 41.5 Å². The van der Waals surface area contributed by atoms with Crippen molar-refractivity contribution in [2.24, 2.45) is 0 Å². The van der Waals surface area contributed by atoms with E-state index in [0.717, 1.165) is 5.56 Å². The molecular formula is C15H18FN3O2S2. The summed E-state index contributed by atoms with van der Waals surface area (Å²) in [6.45, 7) is 2.14. The first-order valence-electron chi connectivity index (χ1n) is 6.97. The lowest BCUT2D eigenvalue weighted by Crippen LogP contribution is -2.32. The Labute approximate surface area is 143 Å². The molecule has 1 heterocycles. The van der Waals surface area contributed by atoms with Crippen LogP contribution in [0.3, 0.4) is 0 Å². The molecular weight excluding hydrogens is 337 g/mol. The molecule has 0 fully saturated rings. The van der Waals surface area contributed by atoms with Gasteiger partial charge in [0.05, 0.1) is 11.0 Å². The minimum Gasteiger partial charge on any atom is -0.415 e. The number of hydrogen-bond donors (Lipinski definition) is 0. The van der Waals surface area contributed by atoms with Crippen LogP contribution < -0.4 is 0 Å². The highest BCUT2D eigenvalue weighted by Crippen LogP contribution is 2.24. The van der Waals surface area contributed by atoms with Crippen molar-refractivity contribution in [3.63, 3.8) is 0 Å². The van der Waals surface area contributed by atoms with Gasteiger partial charge in [0.1, 0.15) is 5.82 Å². The summed E-state index contributed by atoms with van der Waals surface area (Å²) in [4.78, 5) is 13.9. The maximum atomic E-state index is 13.2. The number of aromatic nitrogens is 2. The number of halogens is 1. The van der Waals surface area contributed by atoms with Gasteiger partial charge >= 0.3 is 0 Å². The van der Waals surface area contributed by atoms with E-state index in [-0.39, 0.29) is 17.0 Å². The van der Waals surface area contributed by atoms with Crippen molar-refractivity contribution >= 4 is 29.4 Å². The Bertz CT molecular complexity index is 666. The zero-order valence-electron chi connectivity index (χ0n) is 13.2. The van der Waals surface area contributed by atoms with Gasteiger partial charge in [0.2, 0.25) is 11.8 Å². The van der Waals surface area contributed by atoms with Gasteiger partial charge in [-0.1, -0.05) is 23.9 Å². The number of carbonyl (C=O) groups excluding carboxylic acids is 1. The second-order valence-electron chi connectivity index (χ2n) is 4.98. The molecule has 23 heavy (non-hydrogen) atoms. The van der Waals surface area contributed by atoms with Crippen LogP contribution in [-0.4, -0.2) is 39.6 Å². The van der Waals surface area contributed by atoms with Crippen molar-refractivity contribution in [1.29, 1.82) is 0 Å². The van der Waals surface area contributed by atoms with E-state index in [0.29, 0.717) is 23.4 Å². The molecule has 124 valence electrons. The molecule has 0 radical (unpaired) electrons. The van der Waals surface area contributed by atoms with Crippen molar-refractivity contribution in [2.45, 2.75) is 29.7 Å². The van der Waals surface area contributed by atoms with Crippen LogP contribution in [0.15, 0.2) is 33.9 Å². The SMILES string of the molecule is CSCc1nnc(SC(C)C(=O)N(C)Cc2cccc(F)c2)o1. The first kappa shape index (κ1) is 17.8. The van der Waals surface area contributed by atoms with E-state index in [1.165, 1.54) is 23.9 Å². The molecule has 0 spiro atoms. The third-order valence-electron chi connectivity index (χ3n) is 3.03. The van der Waals surface area contributed by atoms with Gasteiger partial charge in [0, 0.05) is 13.6 Å². The van der Waals surface area contributed by atoms with Gasteiger partial charge in [0.25, 0.3) is 5.22 Å². The van der Waals surface area contributed by atoms with Gasteiger partial charge in [-0.25, -0.2) is 4.39 Å².